The van der Waals surface area contributed by atoms with E-state index in [0.29, 0.717) is 15.6 Å². The number of halogens is 4. The highest BCUT2D eigenvalue weighted by atomic mass is 79.9. The number of benzene rings is 2. The van der Waals surface area contributed by atoms with Crippen LogP contribution in [-0.4, -0.2) is 7.05 Å². The number of hydrogen-bond acceptors (Lipinski definition) is 1. The molecule has 0 aliphatic heterocycles. The molecule has 0 spiro atoms. The molecule has 2 aromatic carbocycles. The topological polar surface area (TPSA) is 12.0 Å². The van der Waals surface area contributed by atoms with Crippen molar-refractivity contribution in [2.75, 3.05) is 7.05 Å². The van der Waals surface area contributed by atoms with Crippen LogP contribution in [0.3, 0.4) is 0 Å². The van der Waals surface area contributed by atoms with E-state index in [1.54, 1.807) is 19.2 Å². The van der Waals surface area contributed by atoms with E-state index in [1.807, 2.05) is 0 Å². The van der Waals surface area contributed by atoms with Crippen LogP contribution < -0.4 is 5.32 Å². The molecule has 0 saturated heterocycles. The summed E-state index contributed by atoms with van der Waals surface area (Å²) in [4.78, 5) is 0. The van der Waals surface area contributed by atoms with Crippen molar-refractivity contribution < 1.29 is 13.2 Å². The zero-order valence-corrected chi connectivity index (χ0v) is 12.3. The van der Waals surface area contributed by atoms with Gasteiger partial charge in [-0.15, -0.1) is 0 Å². The summed E-state index contributed by atoms with van der Waals surface area (Å²) in [6.45, 7) is 0. The molecule has 0 amide bonds. The molecule has 2 aromatic rings. The number of hydrogen-bond donors (Lipinski definition) is 1. The first-order valence-electron chi connectivity index (χ1n) is 6.07. The van der Waals surface area contributed by atoms with Gasteiger partial charge in [0, 0.05) is 22.1 Å². The van der Waals surface area contributed by atoms with E-state index < -0.39 is 11.6 Å². The third kappa shape index (κ3) is 3.41. The molecule has 1 atom stereocenters. The van der Waals surface area contributed by atoms with Gasteiger partial charge >= 0.3 is 0 Å². The molecule has 0 saturated carbocycles. The predicted molar refractivity (Wildman–Crippen MR) is 76.0 cm³/mol. The van der Waals surface area contributed by atoms with Gasteiger partial charge in [0.15, 0.2) is 0 Å². The Morgan fingerprint density at radius 3 is 2.40 bits per heavy atom. The molecule has 20 heavy (non-hydrogen) atoms. The van der Waals surface area contributed by atoms with Crippen molar-refractivity contribution in [1.29, 1.82) is 0 Å². The van der Waals surface area contributed by atoms with Crippen LogP contribution in [0.1, 0.15) is 17.2 Å². The van der Waals surface area contributed by atoms with Gasteiger partial charge in [0.25, 0.3) is 0 Å². The van der Waals surface area contributed by atoms with Crippen LogP contribution in [-0.2, 0) is 6.42 Å². The van der Waals surface area contributed by atoms with Gasteiger partial charge in [-0.2, -0.15) is 0 Å². The lowest BCUT2D eigenvalue weighted by molar-refractivity contribution is 0.514. The molecular formula is C15H13BrF3N. The molecule has 106 valence electrons. The van der Waals surface area contributed by atoms with Crippen LogP contribution in [0.25, 0.3) is 0 Å². The summed E-state index contributed by atoms with van der Waals surface area (Å²) >= 11 is 3.19. The van der Waals surface area contributed by atoms with E-state index in [4.69, 9.17) is 0 Å². The van der Waals surface area contributed by atoms with Gasteiger partial charge < -0.3 is 5.32 Å². The first-order valence-corrected chi connectivity index (χ1v) is 6.86. The summed E-state index contributed by atoms with van der Waals surface area (Å²) in [5.41, 5.74) is 0.785. The smallest absolute Gasteiger partial charge is 0.129 e. The predicted octanol–water partition coefficient (Wildman–Crippen LogP) is 4.37. The Kier molecular flexibility index (Phi) is 4.83. The second-order valence-electron chi connectivity index (χ2n) is 4.45. The van der Waals surface area contributed by atoms with Crippen molar-refractivity contribution in [3.05, 3.63) is 69.4 Å². The van der Waals surface area contributed by atoms with E-state index in [-0.39, 0.29) is 18.3 Å². The second kappa shape index (κ2) is 6.41. The molecule has 0 aliphatic carbocycles. The molecule has 0 bridgehead atoms. The molecule has 1 N–H and O–H groups in total. The van der Waals surface area contributed by atoms with E-state index in [2.05, 4.69) is 21.2 Å². The van der Waals surface area contributed by atoms with Gasteiger partial charge in [-0.25, -0.2) is 13.2 Å². The Labute approximate surface area is 123 Å². The summed E-state index contributed by atoms with van der Waals surface area (Å²) in [6, 6.07) is 7.75. The normalized spacial score (nSPS) is 12.4. The van der Waals surface area contributed by atoms with Crippen molar-refractivity contribution >= 4 is 15.9 Å². The summed E-state index contributed by atoms with van der Waals surface area (Å²) in [6.07, 6.45) is 0.237. The molecule has 5 heteroatoms. The van der Waals surface area contributed by atoms with Crippen LogP contribution in [0.2, 0.25) is 0 Å². The van der Waals surface area contributed by atoms with Gasteiger partial charge in [0.2, 0.25) is 0 Å². The Balaban J connectivity index is 2.28. The second-order valence-corrected chi connectivity index (χ2v) is 5.36. The summed E-state index contributed by atoms with van der Waals surface area (Å²) in [7, 11) is 1.67. The Hall–Kier alpha value is -1.33. The maximum atomic E-state index is 13.9. The van der Waals surface area contributed by atoms with Crippen molar-refractivity contribution in [1.82, 2.24) is 5.32 Å². The maximum Gasteiger partial charge on any atom is 0.129 e. The average molecular weight is 344 g/mol. The SMILES string of the molecule is CNC(Cc1ccc(F)cc1F)c1ccc(Br)cc1F. The minimum Gasteiger partial charge on any atom is -0.313 e. The quantitative estimate of drug-likeness (QED) is 0.869. The zero-order chi connectivity index (χ0) is 14.7. The summed E-state index contributed by atoms with van der Waals surface area (Å²) in [5.74, 6) is -1.62. The molecule has 1 nitrogen and oxygen atoms in total. The fourth-order valence-electron chi connectivity index (χ4n) is 2.06. The Morgan fingerprint density at radius 1 is 1.05 bits per heavy atom. The lowest BCUT2D eigenvalue weighted by Crippen LogP contribution is -2.20. The van der Waals surface area contributed by atoms with E-state index >= 15 is 0 Å². The lowest BCUT2D eigenvalue weighted by atomic mass is 9.98. The average Bonchev–Trinajstić information content (AvgIpc) is 2.39. The lowest BCUT2D eigenvalue weighted by Gasteiger charge is -2.18. The van der Waals surface area contributed by atoms with Gasteiger partial charge in [-0.3, -0.25) is 0 Å². The third-order valence-corrected chi connectivity index (χ3v) is 3.62. The molecule has 0 radical (unpaired) electrons. The van der Waals surface area contributed by atoms with E-state index in [1.165, 1.54) is 18.2 Å². The van der Waals surface area contributed by atoms with Crippen molar-refractivity contribution in [3.8, 4) is 0 Å². The van der Waals surface area contributed by atoms with Crippen LogP contribution in [0.5, 0.6) is 0 Å². The van der Waals surface area contributed by atoms with Gasteiger partial charge in [0.05, 0.1) is 0 Å². The van der Waals surface area contributed by atoms with Crippen molar-refractivity contribution in [2.24, 2.45) is 0 Å². The monoisotopic (exact) mass is 343 g/mol. The number of rotatable bonds is 4. The molecule has 0 aromatic heterocycles. The van der Waals surface area contributed by atoms with Gasteiger partial charge in [0.1, 0.15) is 17.5 Å². The van der Waals surface area contributed by atoms with Crippen molar-refractivity contribution in [2.45, 2.75) is 12.5 Å². The first-order chi connectivity index (χ1) is 9.51. The van der Waals surface area contributed by atoms with Gasteiger partial charge in [-0.1, -0.05) is 28.1 Å². The van der Waals surface area contributed by atoms with E-state index in [9.17, 15) is 13.2 Å². The molecule has 0 heterocycles. The molecule has 0 fully saturated rings. The minimum atomic E-state index is -0.623. The highest BCUT2D eigenvalue weighted by Crippen LogP contribution is 2.25. The molecule has 2 rings (SSSR count). The Morgan fingerprint density at radius 2 is 1.80 bits per heavy atom. The first kappa shape index (κ1) is 15.1. The standard InChI is InChI=1S/C15H13BrF3N/c1-20-15(12-5-3-10(16)7-14(12)19)6-9-2-4-11(17)8-13(9)18/h2-5,7-8,15,20H,6H2,1H3. The maximum absolute atomic E-state index is 13.9. The largest absolute Gasteiger partial charge is 0.313 e. The molecule has 0 aliphatic rings. The van der Waals surface area contributed by atoms with Crippen LogP contribution >= 0.6 is 15.9 Å². The third-order valence-electron chi connectivity index (χ3n) is 3.13. The zero-order valence-electron chi connectivity index (χ0n) is 10.8. The highest BCUT2D eigenvalue weighted by molar-refractivity contribution is 9.10. The minimum absolute atomic E-state index is 0.237. The molecule has 1 unspecified atom stereocenters. The van der Waals surface area contributed by atoms with Crippen molar-refractivity contribution in [3.63, 3.8) is 0 Å². The highest BCUT2D eigenvalue weighted by Gasteiger charge is 2.17. The van der Waals surface area contributed by atoms with E-state index in [0.717, 1.165) is 6.07 Å². The number of likely N-dealkylation sites (N-methyl/N-ethyl adjacent to an activating group) is 1. The van der Waals surface area contributed by atoms with Gasteiger partial charge in [-0.05, 0) is 37.2 Å². The summed E-state index contributed by atoms with van der Waals surface area (Å²) in [5, 5.41) is 2.95. The van der Waals surface area contributed by atoms with Crippen LogP contribution in [0, 0.1) is 17.5 Å². The van der Waals surface area contributed by atoms with Crippen LogP contribution in [0.15, 0.2) is 40.9 Å². The number of nitrogens with one attached hydrogen (secondary N) is 1. The summed E-state index contributed by atoms with van der Waals surface area (Å²) < 4.78 is 41.1. The fraction of sp³-hybridized carbons (Fsp3) is 0.200. The van der Waals surface area contributed by atoms with Crippen LogP contribution in [0.4, 0.5) is 13.2 Å². The Bertz CT molecular complexity index is 616. The molecular weight excluding hydrogens is 331 g/mol. The fourth-order valence-corrected chi connectivity index (χ4v) is 2.39.